The molecule has 0 saturated heterocycles. The molecule has 2 aromatic rings. The number of ether oxygens (including phenoxy) is 1. The first-order chi connectivity index (χ1) is 9.60. The summed E-state index contributed by atoms with van der Waals surface area (Å²) in [5.74, 6) is 1.78. The monoisotopic (exact) mass is 273 g/mol. The smallest absolute Gasteiger partial charge is 0.207 e. The standard InChI is InChI=1S/C16H23N3O/c1-5-10-20-15-8-6-14(7-9-15)19-11-13(4)18-16(19)17-12(2)3/h6-9,11-12H,5,10H2,1-4H3,(H,17,18). The van der Waals surface area contributed by atoms with Crippen LogP contribution in [-0.4, -0.2) is 22.2 Å². The number of aromatic nitrogens is 2. The van der Waals surface area contributed by atoms with Gasteiger partial charge in [-0.05, 0) is 51.5 Å². The van der Waals surface area contributed by atoms with E-state index in [1.54, 1.807) is 0 Å². The van der Waals surface area contributed by atoms with E-state index < -0.39 is 0 Å². The van der Waals surface area contributed by atoms with Crippen LogP contribution in [0.25, 0.3) is 5.69 Å². The summed E-state index contributed by atoms with van der Waals surface area (Å²) in [5.41, 5.74) is 2.08. The molecule has 0 spiro atoms. The second-order valence-corrected chi connectivity index (χ2v) is 5.22. The predicted molar refractivity (Wildman–Crippen MR) is 82.8 cm³/mol. The van der Waals surface area contributed by atoms with Gasteiger partial charge in [0, 0.05) is 17.9 Å². The highest BCUT2D eigenvalue weighted by Crippen LogP contribution is 2.20. The van der Waals surface area contributed by atoms with Crippen LogP contribution in [-0.2, 0) is 0 Å². The number of aryl methyl sites for hydroxylation is 1. The molecule has 2 rings (SSSR count). The zero-order valence-corrected chi connectivity index (χ0v) is 12.7. The van der Waals surface area contributed by atoms with E-state index in [0.717, 1.165) is 36.1 Å². The summed E-state index contributed by atoms with van der Waals surface area (Å²) in [5, 5.41) is 3.36. The fourth-order valence-electron chi connectivity index (χ4n) is 1.98. The Morgan fingerprint density at radius 3 is 2.55 bits per heavy atom. The molecule has 0 radical (unpaired) electrons. The van der Waals surface area contributed by atoms with Crippen molar-refractivity contribution in [2.45, 2.75) is 40.2 Å². The van der Waals surface area contributed by atoms with Crippen molar-refractivity contribution in [2.24, 2.45) is 0 Å². The Kier molecular flexibility index (Phi) is 4.66. The van der Waals surface area contributed by atoms with Gasteiger partial charge in [-0.2, -0.15) is 0 Å². The van der Waals surface area contributed by atoms with E-state index in [9.17, 15) is 0 Å². The minimum absolute atomic E-state index is 0.350. The molecule has 4 heteroatoms. The van der Waals surface area contributed by atoms with Gasteiger partial charge in [-0.3, -0.25) is 4.57 Å². The number of nitrogens with zero attached hydrogens (tertiary/aromatic N) is 2. The summed E-state index contributed by atoms with van der Waals surface area (Å²) in [4.78, 5) is 4.52. The molecular formula is C16H23N3O. The molecule has 1 N–H and O–H groups in total. The van der Waals surface area contributed by atoms with Gasteiger partial charge in [-0.1, -0.05) is 6.92 Å². The first-order valence-corrected chi connectivity index (χ1v) is 7.16. The molecule has 0 atom stereocenters. The zero-order valence-electron chi connectivity index (χ0n) is 12.7. The van der Waals surface area contributed by atoms with Gasteiger partial charge in [0.15, 0.2) is 0 Å². The molecule has 0 bridgehead atoms. The molecule has 108 valence electrons. The lowest BCUT2D eigenvalue weighted by molar-refractivity contribution is 0.317. The van der Waals surface area contributed by atoms with Gasteiger partial charge >= 0.3 is 0 Å². The molecule has 0 fully saturated rings. The average molecular weight is 273 g/mol. The summed E-state index contributed by atoms with van der Waals surface area (Å²) in [6.07, 6.45) is 3.05. The highest BCUT2D eigenvalue weighted by Gasteiger charge is 2.08. The van der Waals surface area contributed by atoms with Crippen LogP contribution in [0.4, 0.5) is 5.95 Å². The third kappa shape index (κ3) is 3.53. The molecule has 1 heterocycles. The molecule has 0 aliphatic heterocycles. The first-order valence-electron chi connectivity index (χ1n) is 7.16. The van der Waals surface area contributed by atoms with Crippen molar-refractivity contribution < 1.29 is 4.74 Å². The van der Waals surface area contributed by atoms with E-state index in [0.29, 0.717) is 6.04 Å². The Morgan fingerprint density at radius 2 is 1.95 bits per heavy atom. The number of benzene rings is 1. The SMILES string of the molecule is CCCOc1ccc(-n2cc(C)nc2NC(C)C)cc1. The van der Waals surface area contributed by atoms with Gasteiger partial charge in [0.25, 0.3) is 0 Å². The van der Waals surface area contributed by atoms with Gasteiger partial charge < -0.3 is 10.1 Å². The van der Waals surface area contributed by atoms with E-state index >= 15 is 0 Å². The van der Waals surface area contributed by atoms with Crippen LogP contribution in [0.5, 0.6) is 5.75 Å². The van der Waals surface area contributed by atoms with Crippen molar-refractivity contribution >= 4 is 5.95 Å². The van der Waals surface area contributed by atoms with E-state index in [1.165, 1.54) is 0 Å². The summed E-state index contributed by atoms with van der Waals surface area (Å²) in [6.45, 7) is 9.07. The number of imidazole rings is 1. The van der Waals surface area contributed by atoms with Crippen molar-refractivity contribution in [3.63, 3.8) is 0 Å². The predicted octanol–water partition coefficient (Wildman–Crippen LogP) is 3.79. The van der Waals surface area contributed by atoms with Gasteiger partial charge in [0.1, 0.15) is 5.75 Å². The van der Waals surface area contributed by atoms with Crippen molar-refractivity contribution in [3.05, 3.63) is 36.2 Å². The van der Waals surface area contributed by atoms with Crippen LogP contribution in [0.3, 0.4) is 0 Å². The average Bonchev–Trinajstić information content (AvgIpc) is 2.77. The van der Waals surface area contributed by atoms with Crippen LogP contribution in [0.15, 0.2) is 30.5 Å². The van der Waals surface area contributed by atoms with Crippen molar-refractivity contribution in [1.29, 1.82) is 0 Å². The lowest BCUT2D eigenvalue weighted by atomic mass is 10.3. The van der Waals surface area contributed by atoms with Crippen LogP contribution in [0, 0.1) is 6.92 Å². The third-order valence-corrected chi connectivity index (χ3v) is 2.83. The molecule has 0 amide bonds. The quantitative estimate of drug-likeness (QED) is 0.870. The molecule has 0 aliphatic rings. The normalized spacial score (nSPS) is 10.8. The number of hydrogen-bond donors (Lipinski definition) is 1. The molecule has 20 heavy (non-hydrogen) atoms. The molecule has 1 aromatic heterocycles. The fourth-order valence-corrected chi connectivity index (χ4v) is 1.98. The van der Waals surface area contributed by atoms with Crippen molar-refractivity contribution in [3.8, 4) is 11.4 Å². The third-order valence-electron chi connectivity index (χ3n) is 2.83. The zero-order chi connectivity index (χ0) is 14.5. The Morgan fingerprint density at radius 1 is 1.25 bits per heavy atom. The van der Waals surface area contributed by atoms with Crippen LogP contribution < -0.4 is 10.1 Å². The maximum atomic E-state index is 5.61. The number of hydrogen-bond acceptors (Lipinski definition) is 3. The summed E-state index contributed by atoms with van der Waals surface area (Å²) >= 11 is 0. The fraction of sp³-hybridized carbons (Fsp3) is 0.438. The van der Waals surface area contributed by atoms with Crippen LogP contribution in [0.2, 0.25) is 0 Å². The lowest BCUT2D eigenvalue weighted by Crippen LogP contribution is -2.13. The Labute approximate surface area is 120 Å². The topological polar surface area (TPSA) is 39.1 Å². The summed E-state index contributed by atoms with van der Waals surface area (Å²) in [7, 11) is 0. The maximum absolute atomic E-state index is 5.61. The molecule has 0 saturated carbocycles. The second-order valence-electron chi connectivity index (χ2n) is 5.22. The van der Waals surface area contributed by atoms with Crippen molar-refractivity contribution in [2.75, 3.05) is 11.9 Å². The Hall–Kier alpha value is -1.97. The first kappa shape index (κ1) is 14.4. The van der Waals surface area contributed by atoms with E-state index in [1.807, 2.05) is 25.3 Å². The molecule has 4 nitrogen and oxygen atoms in total. The second kappa shape index (κ2) is 6.46. The molecular weight excluding hydrogens is 250 g/mol. The summed E-state index contributed by atoms with van der Waals surface area (Å²) < 4.78 is 7.67. The highest BCUT2D eigenvalue weighted by molar-refractivity contribution is 5.45. The van der Waals surface area contributed by atoms with E-state index in [4.69, 9.17) is 4.74 Å². The van der Waals surface area contributed by atoms with Gasteiger partial charge in [0.2, 0.25) is 5.95 Å². The Bertz CT molecular complexity index is 543. The van der Waals surface area contributed by atoms with E-state index in [2.05, 4.69) is 47.8 Å². The van der Waals surface area contributed by atoms with E-state index in [-0.39, 0.29) is 0 Å². The largest absolute Gasteiger partial charge is 0.494 e. The van der Waals surface area contributed by atoms with Crippen LogP contribution in [0.1, 0.15) is 32.9 Å². The number of rotatable bonds is 6. The number of anilines is 1. The van der Waals surface area contributed by atoms with Gasteiger partial charge in [-0.25, -0.2) is 4.98 Å². The Balaban J connectivity index is 2.22. The molecule has 1 aromatic carbocycles. The van der Waals surface area contributed by atoms with Gasteiger partial charge in [0.05, 0.1) is 12.3 Å². The minimum Gasteiger partial charge on any atom is -0.494 e. The summed E-state index contributed by atoms with van der Waals surface area (Å²) in [6, 6.07) is 8.46. The highest BCUT2D eigenvalue weighted by atomic mass is 16.5. The molecule has 0 unspecified atom stereocenters. The lowest BCUT2D eigenvalue weighted by Gasteiger charge is -2.12. The van der Waals surface area contributed by atoms with Crippen molar-refractivity contribution in [1.82, 2.24) is 9.55 Å². The van der Waals surface area contributed by atoms with Gasteiger partial charge in [-0.15, -0.1) is 0 Å². The number of nitrogens with one attached hydrogen (secondary N) is 1. The van der Waals surface area contributed by atoms with Crippen LogP contribution >= 0.6 is 0 Å². The molecule has 0 aliphatic carbocycles. The minimum atomic E-state index is 0.350. The maximum Gasteiger partial charge on any atom is 0.207 e.